The SMILES string of the molecule is NC(c1cc(Cl)c(Cl)cc1O)C1CCN(C(=O)C2(F)CNC2)CC1. The normalized spacial score (nSPS) is 22.1. The summed E-state index contributed by atoms with van der Waals surface area (Å²) in [6.07, 6.45) is 1.30. The van der Waals surface area contributed by atoms with E-state index >= 15 is 0 Å². The zero-order valence-corrected chi connectivity index (χ0v) is 14.6. The third-order valence-electron chi connectivity index (χ3n) is 4.96. The Kier molecular flexibility index (Phi) is 4.93. The minimum atomic E-state index is -1.75. The molecule has 1 amide bonds. The first-order chi connectivity index (χ1) is 11.3. The summed E-state index contributed by atoms with van der Waals surface area (Å²) < 4.78 is 14.2. The number of nitrogens with two attached hydrogens (primary N) is 1. The number of halogens is 3. The number of hydrogen-bond donors (Lipinski definition) is 3. The molecule has 2 heterocycles. The predicted molar refractivity (Wildman–Crippen MR) is 91.1 cm³/mol. The number of nitrogens with one attached hydrogen (secondary N) is 1. The van der Waals surface area contributed by atoms with Crippen LogP contribution in [0.4, 0.5) is 4.39 Å². The van der Waals surface area contributed by atoms with Crippen LogP contribution in [-0.2, 0) is 4.79 Å². The van der Waals surface area contributed by atoms with E-state index in [1.807, 2.05) is 0 Å². The lowest BCUT2D eigenvalue weighted by Crippen LogP contribution is -2.65. The van der Waals surface area contributed by atoms with Crippen molar-refractivity contribution in [2.75, 3.05) is 26.2 Å². The van der Waals surface area contributed by atoms with Gasteiger partial charge in [-0.1, -0.05) is 23.2 Å². The van der Waals surface area contributed by atoms with Crippen LogP contribution in [0.25, 0.3) is 0 Å². The lowest BCUT2D eigenvalue weighted by atomic mass is 9.85. The zero-order valence-electron chi connectivity index (χ0n) is 13.1. The highest BCUT2D eigenvalue weighted by Crippen LogP contribution is 2.38. The van der Waals surface area contributed by atoms with Gasteiger partial charge in [0.1, 0.15) is 5.75 Å². The van der Waals surface area contributed by atoms with Crippen molar-refractivity contribution in [3.05, 3.63) is 27.7 Å². The summed E-state index contributed by atoms with van der Waals surface area (Å²) in [4.78, 5) is 13.8. The van der Waals surface area contributed by atoms with Crippen molar-refractivity contribution in [1.29, 1.82) is 0 Å². The fraction of sp³-hybridized carbons (Fsp3) is 0.562. The Labute approximate surface area is 149 Å². The Hall–Kier alpha value is -1.08. The van der Waals surface area contributed by atoms with Gasteiger partial charge in [0.2, 0.25) is 5.67 Å². The number of rotatable bonds is 3. The molecule has 0 spiro atoms. The number of benzene rings is 1. The quantitative estimate of drug-likeness (QED) is 0.756. The predicted octanol–water partition coefficient (Wildman–Crippen LogP) is 2.25. The van der Waals surface area contributed by atoms with E-state index in [2.05, 4.69) is 5.32 Å². The number of carbonyl (C=O) groups excluding carboxylic acids is 1. The second-order valence-corrected chi connectivity index (χ2v) is 7.36. The van der Waals surface area contributed by atoms with Crippen molar-refractivity contribution in [2.24, 2.45) is 11.7 Å². The van der Waals surface area contributed by atoms with E-state index in [1.54, 1.807) is 11.0 Å². The summed E-state index contributed by atoms with van der Waals surface area (Å²) >= 11 is 11.9. The van der Waals surface area contributed by atoms with Crippen molar-refractivity contribution in [3.8, 4) is 5.75 Å². The minimum Gasteiger partial charge on any atom is -0.508 e. The number of likely N-dealkylation sites (tertiary alicyclic amines) is 1. The molecule has 0 saturated carbocycles. The fourth-order valence-corrected chi connectivity index (χ4v) is 3.64. The van der Waals surface area contributed by atoms with Gasteiger partial charge < -0.3 is 21.1 Å². The molecule has 0 radical (unpaired) electrons. The Balaban J connectivity index is 1.64. The lowest BCUT2D eigenvalue weighted by Gasteiger charge is -2.41. The summed E-state index contributed by atoms with van der Waals surface area (Å²) in [6.45, 7) is 1.10. The molecule has 8 heteroatoms. The summed E-state index contributed by atoms with van der Waals surface area (Å²) in [5.74, 6) is -0.350. The number of nitrogens with zero attached hydrogens (tertiary/aromatic N) is 1. The fourth-order valence-electron chi connectivity index (χ4n) is 3.31. The van der Waals surface area contributed by atoms with E-state index < -0.39 is 17.6 Å². The molecule has 1 unspecified atom stereocenters. The number of amides is 1. The van der Waals surface area contributed by atoms with Gasteiger partial charge in [-0.05, 0) is 24.8 Å². The molecule has 2 saturated heterocycles. The largest absolute Gasteiger partial charge is 0.508 e. The van der Waals surface area contributed by atoms with E-state index in [0.29, 0.717) is 36.5 Å². The van der Waals surface area contributed by atoms with Crippen LogP contribution in [0.15, 0.2) is 12.1 Å². The van der Waals surface area contributed by atoms with Crippen LogP contribution >= 0.6 is 23.2 Å². The smallest absolute Gasteiger partial charge is 0.262 e. The molecule has 0 aliphatic carbocycles. The van der Waals surface area contributed by atoms with E-state index in [4.69, 9.17) is 28.9 Å². The van der Waals surface area contributed by atoms with Crippen molar-refractivity contribution in [1.82, 2.24) is 10.2 Å². The molecule has 2 fully saturated rings. The highest BCUT2D eigenvalue weighted by Gasteiger charge is 2.47. The lowest BCUT2D eigenvalue weighted by molar-refractivity contribution is -0.149. The van der Waals surface area contributed by atoms with Crippen molar-refractivity contribution < 1.29 is 14.3 Å². The van der Waals surface area contributed by atoms with Gasteiger partial charge in [-0.3, -0.25) is 4.79 Å². The molecular formula is C16H20Cl2FN3O2. The number of hydrogen-bond acceptors (Lipinski definition) is 4. The van der Waals surface area contributed by atoms with Gasteiger partial charge in [0.25, 0.3) is 5.91 Å². The van der Waals surface area contributed by atoms with E-state index in [9.17, 15) is 14.3 Å². The van der Waals surface area contributed by atoms with Crippen LogP contribution in [0.1, 0.15) is 24.4 Å². The molecule has 1 aromatic rings. The van der Waals surface area contributed by atoms with Gasteiger partial charge in [0, 0.05) is 43.9 Å². The number of phenols is 1. The Morgan fingerprint density at radius 2 is 1.92 bits per heavy atom. The molecule has 1 aromatic carbocycles. The summed E-state index contributed by atoms with van der Waals surface area (Å²) in [5, 5.41) is 13.5. The molecule has 2 aliphatic rings. The van der Waals surface area contributed by atoms with Gasteiger partial charge in [0.15, 0.2) is 0 Å². The van der Waals surface area contributed by atoms with Crippen LogP contribution in [0.2, 0.25) is 10.0 Å². The van der Waals surface area contributed by atoms with E-state index in [0.717, 1.165) is 0 Å². The van der Waals surface area contributed by atoms with Gasteiger partial charge in [0.05, 0.1) is 10.0 Å². The van der Waals surface area contributed by atoms with Gasteiger partial charge in [-0.25, -0.2) is 4.39 Å². The summed E-state index contributed by atoms with van der Waals surface area (Å²) in [7, 11) is 0. The molecule has 3 rings (SSSR count). The highest BCUT2D eigenvalue weighted by molar-refractivity contribution is 6.42. The second kappa shape index (κ2) is 6.67. The molecule has 1 atom stereocenters. The van der Waals surface area contributed by atoms with Gasteiger partial charge in [-0.15, -0.1) is 0 Å². The molecule has 5 nitrogen and oxygen atoms in total. The van der Waals surface area contributed by atoms with Crippen molar-refractivity contribution in [2.45, 2.75) is 24.6 Å². The molecule has 0 aromatic heterocycles. The molecule has 4 N–H and O–H groups in total. The van der Waals surface area contributed by atoms with Crippen LogP contribution in [-0.4, -0.2) is 47.8 Å². The average Bonchev–Trinajstić information content (AvgIpc) is 2.55. The molecule has 2 aliphatic heterocycles. The van der Waals surface area contributed by atoms with Crippen molar-refractivity contribution >= 4 is 29.1 Å². The average molecular weight is 376 g/mol. The Bertz CT molecular complexity index is 646. The van der Waals surface area contributed by atoms with Crippen LogP contribution in [0, 0.1) is 5.92 Å². The molecule has 24 heavy (non-hydrogen) atoms. The van der Waals surface area contributed by atoms with Crippen LogP contribution in [0.5, 0.6) is 5.75 Å². The number of alkyl halides is 1. The Morgan fingerprint density at radius 1 is 1.33 bits per heavy atom. The third kappa shape index (κ3) is 3.20. The highest BCUT2D eigenvalue weighted by atomic mass is 35.5. The first-order valence-corrected chi connectivity index (χ1v) is 8.70. The number of piperidine rings is 1. The summed E-state index contributed by atoms with van der Waals surface area (Å²) in [6, 6.07) is 2.55. The van der Waals surface area contributed by atoms with Crippen molar-refractivity contribution in [3.63, 3.8) is 0 Å². The molecule has 132 valence electrons. The van der Waals surface area contributed by atoms with Crippen LogP contribution in [0.3, 0.4) is 0 Å². The second-order valence-electron chi connectivity index (χ2n) is 6.55. The summed E-state index contributed by atoms with van der Waals surface area (Å²) in [5.41, 5.74) is 5.07. The Morgan fingerprint density at radius 3 is 2.46 bits per heavy atom. The number of phenolic OH excluding ortho intramolecular Hbond substituents is 1. The molecular weight excluding hydrogens is 356 g/mol. The van der Waals surface area contributed by atoms with Crippen LogP contribution < -0.4 is 11.1 Å². The maximum absolute atomic E-state index is 14.2. The standard InChI is InChI=1S/C16H20Cl2FN3O2/c17-11-5-10(13(23)6-12(11)18)14(20)9-1-3-22(4-2-9)15(24)16(19)7-21-8-16/h5-6,9,14,21,23H,1-4,7-8,20H2. The number of aromatic hydroxyl groups is 1. The maximum Gasteiger partial charge on any atom is 0.262 e. The molecule has 0 bridgehead atoms. The van der Waals surface area contributed by atoms with E-state index in [1.165, 1.54) is 6.07 Å². The zero-order chi connectivity index (χ0) is 17.5. The first-order valence-electron chi connectivity index (χ1n) is 7.94. The maximum atomic E-state index is 14.2. The van der Waals surface area contributed by atoms with Gasteiger partial charge in [-0.2, -0.15) is 0 Å². The van der Waals surface area contributed by atoms with Gasteiger partial charge >= 0.3 is 0 Å². The monoisotopic (exact) mass is 375 g/mol. The number of carbonyl (C=O) groups is 1. The third-order valence-corrected chi connectivity index (χ3v) is 5.68. The van der Waals surface area contributed by atoms with E-state index in [-0.39, 0.29) is 29.8 Å². The minimum absolute atomic E-state index is 0.0126. The topological polar surface area (TPSA) is 78.6 Å². The first kappa shape index (κ1) is 17.7.